The summed E-state index contributed by atoms with van der Waals surface area (Å²) < 4.78 is 39.5. The molecule has 8 heteroatoms. The predicted octanol–water partition coefficient (Wildman–Crippen LogP) is 3.97. The summed E-state index contributed by atoms with van der Waals surface area (Å²) in [5, 5.41) is 0. The lowest BCUT2D eigenvalue weighted by Gasteiger charge is -2.26. The van der Waals surface area contributed by atoms with Crippen LogP contribution in [0.1, 0.15) is 17.7 Å². The summed E-state index contributed by atoms with van der Waals surface area (Å²) in [5.41, 5.74) is 0.307. The van der Waals surface area contributed by atoms with Crippen LogP contribution in [0, 0.1) is 0 Å². The van der Waals surface area contributed by atoms with Crippen molar-refractivity contribution in [3.05, 3.63) is 52.4 Å². The van der Waals surface area contributed by atoms with E-state index < -0.39 is 11.9 Å². The zero-order valence-electron chi connectivity index (χ0n) is 13.7. The molecule has 134 valence electrons. The molecule has 0 radical (unpaired) electrons. The lowest BCUT2D eigenvalue weighted by atomic mass is 10.2. The topological polar surface area (TPSA) is 32.3 Å². The SMILES string of the molecule is CN(c1cc(C(F)(F)F)ncn1)C1CCN(Cc2ccc(Br)cc2)C1. The second-order valence-electron chi connectivity index (χ2n) is 6.17. The zero-order valence-corrected chi connectivity index (χ0v) is 15.3. The van der Waals surface area contributed by atoms with Gasteiger partial charge in [-0.1, -0.05) is 28.1 Å². The molecule has 3 rings (SSSR count). The van der Waals surface area contributed by atoms with Gasteiger partial charge in [-0.2, -0.15) is 13.2 Å². The molecule has 0 saturated carbocycles. The van der Waals surface area contributed by atoms with Gasteiger partial charge >= 0.3 is 6.18 Å². The number of anilines is 1. The minimum Gasteiger partial charge on any atom is -0.355 e. The molecule has 0 aliphatic carbocycles. The molecule has 1 atom stereocenters. The number of halogens is 4. The van der Waals surface area contributed by atoms with Crippen LogP contribution in [0.25, 0.3) is 0 Å². The van der Waals surface area contributed by atoms with Gasteiger partial charge in [0, 0.05) is 43.3 Å². The predicted molar refractivity (Wildman–Crippen MR) is 93.3 cm³/mol. The van der Waals surface area contributed by atoms with E-state index in [4.69, 9.17) is 0 Å². The second kappa shape index (κ2) is 7.29. The Labute approximate surface area is 152 Å². The second-order valence-corrected chi connectivity index (χ2v) is 7.09. The van der Waals surface area contributed by atoms with Gasteiger partial charge in [0.15, 0.2) is 0 Å². The molecule has 0 N–H and O–H groups in total. The van der Waals surface area contributed by atoms with Crippen molar-refractivity contribution in [1.82, 2.24) is 14.9 Å². The number of benzene rings is 1. The van der Waals surface area contributed by atoms with Gasteiger partial charge in [-0.05, 0) is 24.1 Å². The molecule has 1 fully saturated rings. The third-order valence-electron chi connectivity index (χ3n) is 4.42. The van der Waals surface area contributed by atoms with Crippen molar-refractivity contribution in [3.63, 3.8) is 0 Å². The van der Waals surface area contributed by atoms with E-state index in [0.717, 1.165) is 42.9 Å². The van der Waals surface area contributed by atoms with Crippen LogP contribution in [-0.2, 0) is 12.7 Å². The van der Waals surface area contributed by atoms with E-state index in [1.807, 2.05) is 17.0 Å². The van der Waals surface area contributed by atoms with Crippen molar-refractivity contribution in [2.75, 3.05) is 25.0 Å². The van der Waals surface area contributed by atoms with E-state index in [2.05, 4.69) is 42.9 Å². The van der Waals surface area contributed by atoms with Crippen molar-refractivity contribution in [2.45, 2.75) is 25.2 Å². The summed E-state index contributed by atoms with van der Waals surface area (Å²) in [4.78, 5) is 11.4. The van der Waals surface area contributed by atoms with Crippen LogP contribution in [0.3, 0.4) is 0 Å². The van der Waals surface area contributed by atoms with Gasteiger partial charge in [0.1, 0.15) is 17.8 Å². The molecule has 0 spiro atoms. The maximum Gasteiger partial charge on any atom is 0.433 e. The molecule has 1 unspecified atom stereocenters. The maximum atomic E-state index is 12.8. The average Bonchev–Trinajstić information content (AvgIpc) is 3.04. The third-order valence-corrected chi connectivity index (χ3v) is 4.95. The molecule has 2 heterocycles. The van der Waals surface area contributed by atoms with E-state index in [-0.39, 0.29) is 6.04 Å². The van der Waals surface area contributed by atoms with Crippen molar-refractivity contribution >= 4 is 21.7 Å². The van der Waals surface area contributed by atoms with Crippen LogP contribution in [0.15, 0.2) is 41.1 Å². The van der Waals surface area contributed by atoms with Crippen molar-refractivity contribution < 1.29 is 13.2 Å². The number of likely N-dealkylation sites (N-methyl/N-ethyl adjacent to an activating group) is 1. The molecule has 1 aliphatic rings. The molecule has 0 bridgehead atoms. The summed E-state index contributed by atoms with van der Waals surface area (Å²) in [6, 6.07) is 9.30. The van der Waals surface area contributed by atoms with Gasteiger partial charge in [-0.3, -0.25) is 4.90 Å². The Bertz CT molecular complexity index is 721. The van der Waals surface area contributed by atoms with Gasteiger partial charge in [0.25, 0.3) is 0 Å². The van der Waals surface area contributed by atoms with E-state index in [1.54, 1.807) is 7.05 Å². The molecule has 1 saturated heterocycles. The standard InChI is InChI=1S/C17H18BrF3N4/c1-24(16-8-15(17(19,20)21)22-11-23-16)14-6-7-25(10-14)9-12-2-4-13(18)5-3-12/h2-5,8,11,14H,6-7,9-10H2,1H3. The first-order chi connectivity index (χ1) is 11.8. The van der Waals surface area contributed by atoms with E-state index in [0.29, 0.717) is 5.82 Å². The first-order valence-corrected chi connectivity index (χ1v) is 8.71. The smallest absolute Gasteiger partial charge is 0.355 e. The maximum absolute atomic E-state index is 12.8. The summed E-state index contributed by atoms with van der Waals surface area (Å²) in [5.74, 6) is 0.304. The van der Waals surface area contributed by atoms with Crippen LogP contribution >= 0.6 is 15.9 Å². The van der Waals surface area contributed by atoms with Crippen molar-refractivity contribution in [3.8, 4) is 0 Å². The van der Waals surface area contributed by atoms with Gasteiger partial charge in [-0.15, -0.1) is 0 Å². The highest BCUT2D eigenvalue weighted by atomic mass is 79.9. The molecule has 1 aliphatic heterocycles. The van der Waals surface area contributed by atoms with Crippen LogP contribution in [0.2, 0.25) is 0 Å². The van der Waals surface area contributed by atoms with Crippen molar-refractivity contribution in [1.29, 1.82) is 0 Å². The van der Waals surface area contributed by atoms with E-state index >= 15 is 0 Å². The van der Waals surface area contributed by atoms with Gasteiger partial charge in [0.05, 0.1) is 0 Å². The number of aromatic nitrogens is 2. The highest BCUT2D eigenvalue weighted by Crippen LogP contribution is 2.30. The Hall–Kier alpha value is -1.67. The molecular weight excluding hydrogens is 397 g/mol. The van der Waals surface area contributed by atoms with Crippen LogP contribution in [0.5, 0.6) is 0 Å². The highest BCUT2D eigenvalue weighted by Gasteiger charge is 2.34. The monoisotopic (exact) mass is 414 g/mol. The zero-order chi connectivity index (χ0) is 18.0. The van der Waals surface area contributed by atoms with Crippen molar-refractivity contribution in [2.24, 2.45) is 0 Å². The van der Waals surface area contributed by atoms with E-state index in [9.17, 15) is 13.2 Å². The highest BCUT2D eigenvalue weighted by molar-refractivity contribution is 9.10. The minimum atomic E-state index is -4.46. The Morgan fingerprint density at radius 3 is 2.64 bits per heavy atom. The number of nitrogens with zero attached hydrogens (tertiary/aromatic N) is 4. The Balaban J connectivity index is 1.64. The number of alkyl halides is 3. The fourth-order valence-corrected chi connectivity index (χ4v) is 3.27. The fourth-order valence-electron chi connectivity index (χ4n) is 3.00. The Morgan fingerprint density at radius 1 is 1.24 bits per heavy atom. The van der Waals surface area contributed by atoms with Crippen LogP contribution in [0.4, 0.5) is 19.0 Å². The van der Waals surface area contributed by atoms with E-state index in [1.165, 1.54) is 5.56 Å². The Morgan fingerprint density at radius 2 is 1.96 bits per heavy atom. The van der Waals surface area contributed by atoms with Crippen LogP contribution < -0.4 is 4.90 Å². The lowest BCUT2D eigenvalue weighted by molar-refractivity contribution is -0.141. The Kier molecular flexibility index (Phi) is 5.29. The summed E-state index contributed by atoms with van der Waals surface area (Å²) in [6.07, 6.45) is -2.59. The summed E-state index contributed by atoms with van der Waals surface area (Å²) >= 11 is 3.42. The lowest BCUT2D eigenvalue weighted by Crippen LogP contribution is -2.35. The van der Waals surface area contributed by atoms with Gasteiger partial charge in [0.2, 0.25) is 0 Å². The molecule has 1 aromatic carbocycles. The minimum absolute atomic E-state index is 0.131. The molecule has 4 nitrogen and oxygen atoms in total. The average molecular weight is 415 g/mol. The number of hydrogen-bond acceptors (Lipinski definition) is 4. The molecule has 2 aromatic rings. The number of rotatable bonds is 4. The first kappa shape index (κ1) is 18.1. The van der Waals surface area contributed by atoms with Gasteiger partial charge < -0.3 is 4.90 Å². The van der Waals surface area contributed by atoms with Gasteiger partial charge in [-0.25, -0.2) is 9.97 Å². The number of likely N-dealkylation sites (tertiary alicyclic amines) is 1. The molecule has 1 aromatic heterocycles. The summed E-state index contributed by atoms with van der Waals surface area (Å²) in [6.45, 7) is 2.52. The fraction of sp³-hybridized carbons (Fsp3) is 0.412. The quantitative estimate of drug-likeness (QED) is 0.757. The molecular formula is C17H18BrF3N4. The third kappa shape index (κ3) is 4.49. The normalized spacial score (nSPS) is 18.5. The summed E-state index contributed by atoms with van der Waals surface area (Å²) in [7, 11) is 1.79. The first-order valence-electron chi connectivity index (χ1n) is 7.92. The largest absolute Gasteiger partial charge is 0.433 e. The van der Waals surface area contributed by atoms with Crippen LogP contribution in [-0.4, -0.2) is 41.0 Å². The molecule has 25 heavy (non-hydrogen) atoms. The molecule has 0 amide bonds. The number of hydrogen-bond donors (Lipinski definition) is 0.